The summed E-state index contributed by atoms with van der Waals surface area (Å²) in [5.41, 5.74) is 6.58. The fraction of sp³-hybridized carbons (Fsp3) is 0.125. The molecule has 8 heteroatoms. The maximum atomic E-state index is 12.6. The van der Waals surface area contributed by atoms with Gasteiger partial charge in [-0.1, -0.05) is 23.9 Å². The van der Waals surface area contributed by atoms with Gasteiger partial charge in [-0.25, -0.2) is 19.3 Å². The minimum absolute atomic E-state index is 0.220. The van der Waals surface area contributed by atoms with Crippen LogP contribution >= 0.6 is 11.8 Å². The van der Waals surface area contributed by atoms with Gasteiger partial charge in [-0.2, -0.15) is 0 Å². The Balaban J connectivity index is 2.38. The van der Waals surface area contributed by atoms with E-state index in [1.54, 1.807) is 35.0 Å². The molecule has 2 N–H and O–H groups in total. The van der Waals surface area contributed by atoms with Gasteiger partial charge in [-0.3, -0.25) is 9.59 Å². The first kappa shape index (κ1) is 16.0. The van der Waals surface area contributed by atoms with E-state index in [2.05, 4.69) is 16.5 Å². The number of amides is 1. The molecule has 24 heavy (non-hydrogen) atoms. The molecule has 0 aliphatic heterocycles. The third-order valence-corrected chi connectivity index (χ3v) is 4.08. The highest BCUT2D eigenvalue weighted by Gasteiger charge is 2.17. The molecule has 0 radical (unpaired) electrons. The minimum Gasteiger partial charge on any atom is -0.366 e. The molecule has 7 nitrogen and oxygen atoms in total. The van der Waals surface area contributed by atoms with Crippen molar-refractivity contribution in [1.82, 2.24) is 19.3 Å². The number of hydrogen-bond acceptors (Lipinski definition) is 5. The highest BCUT2D eigenvalue weighted by Crippen LogP contribution is 2.19. The monoisotopic (exact) mass is 341 g/mol. The zero-order valence-corrected chi connectivity index (χ0v) is 13.8. The second-order valence-electron chi connectivity index (χ2n) is 5.00. The summed E-state index contributed by atoms with van der Waals surface area (Å²) in [6, 6.07) is 6.74. The lowest BCUT2D eigenvalue weighted by molar-refractivity contribution is 0.1000. The van der Waals surface area contributed by atoms with Gasteiger partial charge in [0.15, 0.2) is 10.8 Å². The molecule has 0 atom stereocenters. The number of allylic oxidation sites excluding steroid dienone is 1. The summed E-state index contributed by atoms with van der Waals surface area (Å²) in [7, 11) is 0. The maximum Gasteiger partial charge on any atom is 0.278 e. The van der Waals surface area contributed by atoms with Crippen LogP contribution in [0.25, 0.3) is 16.7 Å². The molecule has 0 bridgehead atoms. The van der Waals surface area contributed by atoms with Crippen LogP contribution in [-0.4, -0.2) is 31.5 Å². The lowest BCUT2D eigenvalue weighted by Gasteiger charge is -2.11. The standard InChI is InChI=1S/C16H15N5O2S/c1-3-7-20-15(23)12-9-18-16(24-2)19-14(12)21(20)11-6-4-5-10(8-11)13(17)22/h3-6,8-9H,1,7H2,2H3,(H2,17,22). The van der Waals surface area contributed by atoms with Crippen molar-refractivity contribution in [3.8, 4) is 5.69 Å². The van der Waals surface area contributed by atoms with Gasteiger partial charge in [0.1, 0.15) is 5.39 Å². The van der Waals surface area contributed by atoms with E-state index in [4.69, 9.17) is 5.73 Å². The first-order valence-electron chi connectivity index (χ1n) is 7.10. The number of nitrogens with zero attached hydrogens (tertiary/aromatic N) is 4. The number of carbonyl (C=O) groups excluding carboxylic acids is 1. The van der Waals surface area contributed by atoms with E-state index in [0.29, 0.717) is 34.0 Å². The molecule has 0 saturated heterocycles. The molecular formula is C16H15N5O2S. The van der Waals surface area contributed by atoms with E-state index in [1.165, 1.54) is 22.6 Å². The molecule has 0 unspecified atom stereocenters. The predicted octanol–water partition coefficient (Wildman–Crippen LogP) is 1.59. The number of fused-ring (bicyclic) bond motifs is 1. The Morgan fingerprint density at radius 3 is 2.92 bits per heavy atom. The van der Waals surface area contributed by atoms with Crippen LogP contribution in [0.2, 0.25) is 0 Å². The Bertz CT molecular complexity index is 1010. The number of benzene rings is 1. The van der Waals surface area contributed by atoms with Gasteiger partial charge in [-0.05, 0) is 24.5 Å². The van der Waals surface area contributed by atoms with Gasteiger partial charge >= 0.3 is 0 Å². The second kappa shape index (κ2) is 6.32. The summed E-state index contributed by atoms with van der Waals surface area (Å²) >= 11 is 1.38. The number of thioether (sulfide) groups is 1. The first-order valence-corrected chi connectivity index (χ1v) is 8.33. The average molecular weight is 341 g/mol. The van der Waals surface area contributed by atoms with Crippen molar-refractivity contribution in [2.75, 3.05) is 6.26 Å². The number of primary amides is 1. The van der Waals surface area contributed by atoms with E-state index in [9.17, 15) is 9.59 Å². The molecular weight excluding hydrogens is 326 g/mol. The van der Waals surface area contributed by atoms with Gasteiger partial charge in [0.05, 0.1) is 12.2 Å². The van der Waals surface area contributed by atoms with Crippen molar-refractivity contribution in [3.63, 3.8) is 0 Å². The summed E-state index contributed by atoms with van der Waals surface area (Å²) in [4.78, 5) is 32.7. The summed E-state index contributed by atoms with van der Waals surface area (Å²) in [6.45, 7) is 3.99. The van der Waals surface area contributed by atoms with Crippen LogP contribution in [0.15, 0.2) is 53.1 Å². The van der Waals surface area contributed by atoms with Gasteiger partial charge in [0.2, 0.25) is 5.91 Å². The molecule has 3 rings (SSSR count). The number of nitrogens with two attached hydrogens (primary N) is 1. The molecule has 0 fully saturated rings. The Kier molecular flexibility index (Phi) is 4.22. The molecule has 0 spiro atoms. The largest absolute Gasteiger partial charge is 0.366 e. The molecule has 2 aromatic heterocycles. The van der Waals surface area contributed by atoms with Crippen LogP contribution in [0, 0.1) is 0 Å². The molecule has 0 saturated carbocycles. The van der Waals surface area contributed by atoms with E-state index in [0.717, 1.165) is 0 Å². The SMILES string of the molecule is C=CCn1c(=O)c2cnc(SC)nc2n1-c1cccc(C(N)=O)c1. The quantitative estimate of drug-likeness (QED) is 0.432. The number of carbonyl (C=O) groups is 1. The van der Waals surface area contributed by atoms with Crippen molar-refractivity contribution in [2.24, 2.45) is 5.73 Å². The van der Waals surface area contributed by atoms with Crippen LogP contribution in [0.3, 0.4) is 0 Å². The topological polar surface area (TPSA) is 95.8 Å². The fourth-order valence-electron chi connectivity index (χ4n) is 2.45. The normalized spacial score (nSPS) is 10.9. The van der Waals surface area contributed by atoms with Gasteiger partial charge in [0.25, 0.3) is 5.56 Å². The van der Waals surface area contributed by atoms with Crippen LogP contribution in [0.5, 0.6) is 0 Å². The highest BCUT2D eigenvalue weighted by molar-refractivity contribution is 7.98. The summed E-state index contributed by atoms with van der Waals surface area (Å²) < 4.78 is 3.16. The van der Waals surface area contributed by atoms with Gasteiger partial charge < -0.3 is 5.73 Å². The van der Waals surface area contributed by atoms with Crippen molar-refractivity contribution < 1.29 is 4.79 Å². The number of aromatic nitrogens is 4. The fourth-order valence-corrected chi connectivity index (χ4v) is 2.79. The van der Waals surface area contributed by atoms with Crippen LogP contribution in [0.4, 0.5) is 0 Å². The summed E-state index contributed by atoms with van der Waals surface area (Å²) in [6.07, 6.45) is 5.00. The van der Waals surface area contributed by atoms with Gasteiger partial charge in [0, 0.05) is 11.8 Å². The molecule has 0 aliphatic carbocycles. The number of hydrogen-bond donors (Lipinski definition) is 1. The zero-order chi connectivity index (χ0) is 17.3. The Morgan fingerprint density at radius 2 is 2.25 bits per heavy atom. The highest BCUT2D eigenvalue weighted by atomic mass is 32.2. The van der Waals surface area contributed by atoms with Crippen molar-refractivity contribution in [3.05, 3.63) is 59.0 Å². The van der Waals surface area contributed by atoms with Crippen molar-refractivity contribution in [1.29, 1.82) is 0 Å². The molecule has 3 aromatic rings. The van der Waals surface area contributed by atoms with Crippen LogP contribution in [0.1, 0.15) is 10.4 Å². The zero-order valence-electron chi connectivity index (χ0n) is 13.0. The van der Waals surface area contributed by atoms with Gasteiger partial charge in [-0.15, -0.1) is 6.58 Å². The van der Waals surface area contributed by atoms with E-state index in [-0.39, 0.29) is 5.56 Å². The molecule has 0 aliphatic rings. The Hall–Kier alpha value is -2.87. The van der Waals surface area contributed by atoms with E-state index in [1.807, 2.05) is 6.26 Å². The third-order valence-electron chi connectivity index (χ3n) is 3.51. The average Bonchev–Trinajstić information content (AvgIpc) is 2.87. The summed E-state index contributed by atoms with van der Waals surface area (Å²) in [5, 5.41) is 0.956. The summed E-state index contributed by atoms with van der Waals surface area (Å²) in [5.74, 6) is -0.537. The van der Waals surface area contributed by atoms with E-state index >= 15 is 0 Å². The smallest absolute Gasteiger partial charge is 0.278 e. The molecule has 2 heterocycles. The first-order chi connectivity index (χ1) is 11.6. The van der Waals surface area contributed by atoms with E-state index < -0.39 is 5.91 Å². The van der Waals surface area contributed by atoms with Crippen molar-refractivity contribution >= 4 is 28.7 Å². The maximum absolute atomic E-state index is 12.6. The van der Waals surface area contributed by atoms with Crippen LogP contribution < -0.4 is 11.3 Å². The Labute approximate surface area is 141 Å². The Morgan fingerprint density at radius 1 is 1.46 bits per heavy atom. The predicted molar refractivity (Wildman–Crippen MR) is 93.6 cm³/mol. The number of rotatable bonds is 5. The second-order valence-corrected chi connectivity index (χ2v) is 5.77. The lowest BCUT2D eigenvalue weighted by Crippen LogP contribution is -2.22. The minimum atomic E-state index is -0.537. The van der Waals surface area contributed by atoms with Crippen LogP contribution in [-0.2, 0) is 6.54 Å². The molecule has 122 valence electrons. The lowest BCUT2D eigenvalue weighted by atomic mass is 10.2. The third kappa shape index (κ3) is 2.61. The molecule has 1 aromatic carbocycles. The van der Waals surface area contributed by atoms with Crippen molar-refractivity contribution in [2.45, 2.75) is 11.7 Å². The molecule has 1 amide bonds.